The van der Waals surface area contributed by atoms with Crippen LogP contribution in [0.3, 0.4) is 0 Å². The minimum absolute atomic E-state index is 0.0428. The van der Waals surface area contributed by atoms with Gasteiger partial charge in [-0.2, -0.15) is 0 Å². The zero-order valence-corrected chi connectivity index (χ0v) is 15.2. The highest BCUT2D eigenvalue weighted by Crippen LogP contribution is 2.21. The van der Waals surface area contributed by atoms with Gasteiger partial charge in [-0.15, -0.1) is 0 Å². The Kier molecular flexibility index (Phi) is 6.37. The van der Waals surface area contributed by atoms with Crippen LogP contribution in [0.15, 0.2) is 53.0 Å². The van der Waals surface area contributed by atoms with Crippen LogP contribution >= 0.6 is 15.9 Å². The van der Waals surface area contributed by atoms with E-state index in [1.807, 2.05) is 56.3 Å². The van der Waals surface area contributed by atoms with Crippen LogP contribution in [0.1, 0.15) is 13.8 Å². The number of anilines is 3. The van der Waals surface area contributed by atoms with Crippen molar-refractivity contribution in [1.82, 2.24) is 0 Å². The molecule has 2 amide bonds. The lowest BCUT2D eigenvalue weighted by Crippen LogP contribution is -2.22. The number of amides is 2. The molecule has 0 heterocycles. The molecule has 2 aromatic carbocycles. The fourth-order valence-electron chi connectivity index (χ4n) is 1.93. The average Bonchev–Trinajstić information content (AvgIpc) is 2.55. The molecular weight excluding hydrogens is 370 g/mol. The van der Waals surface area contributed by atoms with Gasteiger partial charge in [0, 0.05) is 21.8 Å². The number of halogens is 1. The van der Waals surface area contributed by atoms with Crippen molar-refractivity contribution in [2.45, 2.75) is 13.8 Å². The second-order valence-electron chi connectivity index (χ2n) is 5.61. The standard InChI is InChI=1S/C18H20BrN3O2/c1-12(2)18(24)21-14-7-5-6-13(10-14)20-11-17(23)22-16-9-4-3-8-15(16)19/h3-10,12,20H,11H2,1-2H3,(H,21,24)(H,22,23). The van der Waals surface area contributed by atoms with Crippen LogP contribution in [0.25, 0.3) is 0 Å². The Hall–Kier alpha value is -2.34. The van der Waals surface area contributed by atoms with Gasteiger partial charge in [0.05, 0.1) is 12.2 Å². The third kappa shape index (κ3) is 5.38. The molecule has 0 unspecified atom stereocenters. The quantitative estimate of drug-likeness (QED) is 0.696. The van der Waals surface area contributed by atoms with Crippen molar-refractivity contribution in [3.8, 4) is 0 Å². The Labute approximate surface area is 150 Å². The van der Waals surface area contributed by atoms with Crippen molar-refractivity contribution in [3.05, 3.63) is 53.0 Å². The monoisotopic (exact) mass is 389 g/mol. The SMILES string of the molecule is CC(C)C(=O)Nc1cccc(NCC(=O)Nc2ccccc2Br)c1. The molecule has 0 aromatic heterocycles. The summed E-state index contributed by atoms with van der Waals surface area (Å²) < 4.78 is 0.830. The van der Waals surface area contributed by atoms with Gasteiger partial charge >= 0.3 is 0 Å². The summed E-state index contributed by atoms with van der Waals surface area (Å²) in [5.74, 6) is -0.283. The van der Waals surface area contributed by atoms with Crippen LogP contribution in [-0.2, 0) is 9.59 Å². The number of benzene rings is 2. The van der Waals surface area contributed by atoms with Crippen molar-refractivity contribution in [2.24, 2.45) is 5.92 Å². The van der Waals surface area contributed by atoms with Gasteiger partial charge in [-0.25, -0.2) is 0 Å². The van der Waals surface area contributed by atoms with Gasteiger partial charge in [0.25, 0.3) is 0 Å². The number of hydrogen-bond donors (Lipinski definition) is 3. The third-order valence-electron chi connectivity index (χ3n) is 3.26. The zero-order valence-electron chi connectivity index (χ0n) is 13.6. The molecule has 2 aromatic rings. The van der Waals surface area contributed by atoms with Gasteiger partial charge in [0.2, 0.25) is 11.8 Å². The van der Waals surface area contributed by atoms with E-state index < -0.39 is 0 Å². The molecule has 0 aliphatic rings. The first kappa shape index (κ1) is 18.0. The highest BCUT2D eigenvalue weighted by molar-refractivity contribution is 9.10. The lowest BCUT2D eigenvalue weighted by atomic mass is 10.2. The Morgan fingerprint density at radius 2 is 1.71 bits per heavy atom. The molecule has 0 saturated carbocycles. The lowest BCUT2D eigenvalue weighted by molar-refractivity contribution is -0.119. The number of hydrogen-bond acceptors (Lipinski definition) is 3. The van der Waals surface area contributed by atoms with E-state index in [1.54, 1.807) is 6.07 Å². The second-order valence-corrected chi connectivity index (χ2v) is 6.46. The van der Waals surface area contributed by atoms with Crippen LogP contribution in [0.5, 0.6) is 0 Å². The Balaban J connectivity index is 1.91. The first-order chi connectivity index (χ1) is 11.5. The molecule has 126 valence electrons. The molecule has 24 heavy (non-hydrogen) atoms. The van der Waals surface area contributed by atoms with Gasteiger partial charge in [0.15, 0.2) is 0 Å². The molecule has 0 aliphatic heterocycles. The van der Waals surface area contributed by atoms with Crippen LogP contribution < -0.4 is 16.0 Å². The van der Waals surface area contributed by atoms with Gasteiger partial charge in [0.1, 0.15) is 0 Å². The van der Waals surface area contributed by atoms with E-state index >= 15 is 0 Å². The molecule has 0 saturated heterocycles. The Morgan fingerprint density at radius 3 is 2.42 bits per heavy atom. The molecule has 5 nitrogen and oxygen atoms in total. The molecule has 2 rings (SSSR count). The fraction of sp³-hybridized carbons (Fsp3) is 0.222. The molecule has 0 atom stereocenters. The van der Waals surface area contributed by atoms with E-state index in [4.69, 9.17) is 0 Å². The zero-order chi connectivity index (χ0) is 17.5. The smallest absolute Gasteiger partial charge is 0.243 e. The van der Waals surface area contributed by atoms with Crippen LogP contribution in [0.4, 0.5) is 17.1 Å². The van der Waals surface area contributed by atoms with E-state index in [9.17, 15) is 9.59 Å². The van der Waals surface area contributed by atoms with E-state index in [2.05, 4.69) is 31.9 Å². The first-order valence-corrected chi connectivity index (χ1v) is 8.44. The van der Waals surface area contributed by atoms with Gasteiger partial charge in [-0.05, 0) is 46.3 Å². The Morgan fingerprint density at radius 1 is 1.00 bits per heavy atom. The number of carbonyl (C=O) groups excluding carboxylic acids is 2. The molecule has 3 N–H and O–H groups in total. The van der Waals surface area contributed by atoms with Crippen molar-refractivity contribution >= 4 is 44.8 Å². The third-order valence-corrected chi connectivity index (χ3v) is 3.95. The second kappa shape index (κ2) is 8.49. The molecule has 0 fully saturated rings. The predicted molar refractivity (Wildman–Crippen MR) is 101 cm³/mol. The maximum atomic E-state index is 12.0. The number of nitrogens with one attached hydrogen (secondary N) is 3. The summed E-state index contributed by atoms with van der Waals surface area (Å²) >= 11 is 3.39. The molecule has 6 heteroatoms. The van der Waals surface area contributed by atoms with Gasteiger partial charge in [-0.1, -0.05) is 32.0 Å². The summed E-state index contributed by atoms with van der Waals surface area (Å²) in [4.78, 5) is 23.8. The van der Waals surface area contributed by atoms with Crippen LogP contribution in [-0.4, -0.2) is 18.4 Å². The van der Waals surface area contributed by atoms with E-state index in [0.717, 1.165) is 15.8 Å². The fourth-order valence-corrected chi connectivity index (χ4v) is 2.32. The molecule has 0 aliphatic carbocycles. The molecule has 0 bridgehead atoms. The van der Waals surface area contributed by atoms with Gasteiger partial charge < -0.3 is 16.0 Å². The predicted octanol–water partition coefficient (Wildman–Crippen LogP) is 4.09. The van der Waals surface area contributed by atoms with Crippen LogP contribution in [0, 0.1) is 5.92 Å². The van der Waals surface area contributed by atoms with Crippen molar-refractivity contribution in [3.63, 3.8) is 0 Å². The number of para-hydroxylation sites is 1. The maximum Gasteiger partial charge on any atom is 0.243 e. The minimum atomic E-state index is -0.154. The van der Waals surface area contributed by atoms with Crippen molar-refractivity contribution < 1.29 is 9.59 Å². The van der Waals surface area contributed by atoms with Gasteiger partial charge in [-0.3, -0.25) is 9.59 Å². The lowest BCUT2D eigenvalue weighted by Gasteiger charge is -2.11. The summed E-state index contributed by atoms with van der Waals surface area (Å²) in [6.45, 7) is 3.80. The summed E-state index contributed by atoms with van der Waals surface area (Å²) in [5, 5.41) is 8.70. The molecule has 0 spiro atoms. The van der Waals surface area contributed by atoms with E-state index in [-0.39, 0.29) is 24.3 Å². The maximum absolute atomic E-state index is 12.0. The highest BCUT2D eigenvalue weighted by Gasteiger charge is 2.08. The summed E-state index contributed by atoms with van der Waals surface area (Å²) in [6.07, 6.45) is 0. The summed E-state index contributed by atoms with van der Waals surface area (Å²) in [5.41, 5.74) is 2.19. The average molecular weight is 390 g/mol. The van der Waals surface area contributed by atoms with Crippen molar-refractivity contribution in [2.75, 3.05) is 22.5 Å². The molecule has 0 radical (unpaired) electrons. The minimum Gasteiger partial charge on any atom is -0.376 e. The largest absolute Gasteiger partial charge is 0.376 e. The number of carbonyl (C=O) groups is 2. The number of rotatable bonds is 6. The summed E-state index contributed by atoms with van der Waals surface area (Å²) in [6, 6.07) is 14.7. The highest BCUT2D eigenvalue weighted by atomic mass is 79.9. The summed E-state index contributed by atoms with van der Waals surface area (Å²) in [7, 11) is 0. The Bertz CT molecular complexity index is 732. The topological polar surface area (TPSA) is 70.2 Å². The van der Waals surface area contributed by atoms with Crippen LogP contribution in [0.2, 0.25) is 0 Å². The van der Waals surface area contributed by atoms with E-state index in [1.165, 1.54) is 0 Å². The normalized spacial score (nSPS) is 10.3. The van der Waals surface area contributed by atoms with E-state index in [0.29, 0.717) is 5.69 Å². The first-order valence-electron chi connectivity index (χ1n) is 7.65. The molecular formula is C18H20BrN3O2. The van der Waals surface area contributed by atoms with Crippen molar-refractivity contribution in [1.29, 1.82) is 0 Å².